The highest BCUT2D eigenvalue weighted by Gasteiger charge is 2.15. The third-order valence-corrected chi connectivity index (χ3v) is 7.48. The second-order valence-corrected chi connectivity index (χ2v) is 10.1. The number of aryl methyl sites for hydroxylation is 1. The van der Waals surface area contributed by atoms with Crippen LogP contribution >= 0.6 is 0 Å². The molecule has 0 atom stereocenters. The van der Waals surface area contributed by atoms with Crippen molar-refractivity contribution in [1.82, 2.24) is 0 Å². The summed E-state index contributed by atoms with van der Waals surface area (Å²) >= 11 is 0. The summed E-state index contributed by atoms with van der Waals surface area (Å²) in [6.45, 7) is 2.00. The summed E-state index contributed by atoms with van der Waals surface area (Å²) in [5, 5.41) is 23.3. The molecule has 0 amide bonds. The molecule has 6 rings (SSSR count). The third-order valence-electron chi connectivity index (χ3n) is 7.48. The van der Waals surface area contributed by atoms with E-state index in [1.165, 1.54) is 0 Å². The smallest absolute Gasteiger partial charge is 0.119 e. The highest BCUT2D eigenvalue weighted by atomic mass is 16.5. The lowest BCUT2D eigenvalue weighted by atomic mass is 9.91. The number of anilines is 3. The monoisotopic (exact) mass is 541 g/mol. The predicted molar refractivity (Wildman–Crippen MR) is 172 cm³/mol. The van der Waals surface area contributed by atoms with Crippen molar-refractivity contribution < 1.29 is 4.74 Å². The Kier molecular flexibility index (Phi) is 7.12. The Morgan fingerprint density at radius 1 is 0.571 bits per heavy atom. The van der Waals surface area contributed by atoms with Crippen LogP contribution in [0.15, 0.2) is 115 Å². The van der Waals surface area contributed by atoms with E-state index in [0.717, 1.165) is 61.0 Å². The van der Waals surface area contributed by atoms with E-state index in [2.05, 4.69) is 71.6 Å². The van der Waals surface area contributed by atoms with Crippen LogP contribution < -0.4 is 9.64 Å². The number of nitriles is 2. The van der Waals surface area contributed by atoms with Crippen LogP contribution in [0.5, 0.6) is 5.75 Å². The SMILES string of the molecule is COc1ccc(N(c2ccccc2)c2ccc(C=Cc3ccc4c(C#N)c5cc(C)ccc5c(C#N)c4c3)cc2)cc1. The molecule has 0 saturated carbocycles. The largest absolute Gasteiger partial charge is 0.497 e. The molecule has 0 fully saturated rings. The van der Waals surface area contributed by atoms with Gasteiger partial charge in [0.1, 0.15) is 17.9 Å². The van der Waals surface area contributed by atoms with Crippen LogP contribution in [-0.4, -0.2) is 7.11 Å². The molecule has 0 aliphatic heterocycles. The maximum absolute atomic E-state index is 10.1. The number of ether oxygens (including phenoxy) is 1. The fraction of sp³-hybridized carbons (Fsp3) is 0.0526. The van der Waals surface area contributed by atoms with Crippen molar-refractivity contribution in [3.8, 4) is 17.9 Å². The summed E-state index contributed by atoms with van der Waals surface area (Å²) in [4.78, 5) is 2.21. The first-order valence-corrected chi connectivity index (χ1v) is 13.7. The lowest BCUT2D eigenvalue weighted by Crippen LogP contribution is -2.09. The molecule has 0 spiro atoms. The zero-order valence-corrected chi connectivity index (χ0v) is 23.4. The van der Waals surface area contributed by atoms with Crippen molar-refractivity contribution in [2.45, 2.75) is 6.92 Å². The summed E-state index contributed by atoms with van der Waals surface area (Å²) in [6, 6.07) is 43.3. The topological polar surface area (TPSA) is 60.0 Å². The van der Waals surface area contributed by atoms with E-state index < -0.39 is 0 Å². The molecular weight excluding hydrogens is 514 g/mol. The Labute approximate surface area is 245 Å². The lowest BCUT2D eigenvalue weighted by molar-refractivity contribution is 0.415. The Bertz CT molecular complexity index is 2030. The molecule has 6 aromatic carbocycles. The summed E-state index contributed by atoms with van der Waals surface area (Å²) in [6.07, 6.45) is 4.10. The van der Waals surface area contributed by atoms with E-state index in [1.807, 2.05) is 79.7 Å². The molecule has 4 nitrogen and oxygen atoms in total. The normalized spacial score (nSPS) is 11.0. The second-order valence-electron chi connectivity index (χ2n) is 10.1. The predicted octanol–water partition coefficient (Wildman–Crippen LogP) is 9.69. The number of hydrogen-bond donors (Lipinski definition) is 0. The average molecular weight is 542 g/mol. The molecular formula is C38H27N3O. The van der Waals surface area contributed by atoms with Crippen molar-refractivity contribution >= 4 is 50.8 Å². The van der Waals surface area contributed by atoms with Gasteiger partial charge in [-0.25, -0.2) is 0 Å². The highest BCUT2D eigenvalue weighted by molar-refractivity contribution is 6.10. The number of hydrogen-bond acceptors (Lipinski definition) is 4. The maximum atomic E-state index is 10.1. The first-order chi connectivity index (χ1) is 20.6. The second kappa shape index (κ2) is 11.3. The number of benzene rings is 6. The zero-order valence-electron chi connectivity index (χ0n) is 23.4. The number of para-hydroxylation sites is 1. The van der Waals surface area contributed by atoms with Gasteiger partial charge >= 0.3 is 0 Å². The van der Waals surface area contributed by atoms with Crippen LogP contribution in [0.25, 0.3) is 33.7 Å². The van der Waals surface area contributed by atoms with Crippen molar-refractivity contribution in [3.05, 3.63) is 143 Å². The van der Waals surface area contributed by atoms with Crippen LogP contribution in [-0.2, 0) is 0 Å². The van der Waals surface area contributed by atoms with Crippen LogP contribution in [0.2, 0.25) is 0 Å². The average Bonchev–Trinajstić information content (AvgIpc) is 3.04. The van der Waals surface area contributed by atoms with Gasteiger partial charge in [-0.15, -0.1) is 0 Å². The molecule has 4 heteroatoms. The number of fused-ring (bicyclic) bond motifs is 2. The first-order valence-electron chi connectivity index (χ1n) is 13.7. The van der Waals surface area contributed by atoms with E-state index >= 15 is 0 Å². The Morgan fingerprint density at radius 2 is 1.10 bits per heavy atom. The van der Waals surface area contributed by atoms with E-state index in [0.29, 0.717) is 11.1 Å². The molecule has 0 radical (unpaired) electrons. The van der Waals surface area contributed by atoms with E-state index in [9.17, 15) is 10.5 Å². The number of rotatable bonds is 6. The summed E-state index contributed by atoms with van der Waals surface area (Å²) < 4.78 is 5.35. The van der Waals surface area contributed by atoms with Crippen molar-refractivity contribution in [2.24, 2.45) is 0 Å². The minimum atomic E-state index is 0.595. The minimum absolute atomic E-state index is 0.595. The molecule has 0 aromatic heterocycles. The third kappa shape index (κ3) is 4.94. The van der Waals surface area contributed by atoms with Crippen molar-refractivity contribution in [2.75, 3.05) is 12.0 Å². The standard InChI is InChI=1S/C38H27N3O/c1-26-8-20-33-35(22-26)37(24-39)34-21-13-28(23-36(34)38(33)25-40)10-9-27-11-14-30(15-12-27)41(29-6-4-3-5-7-29)31-16-18-32(42-2)19-17-31/h3-23H,1-2H3. The van der Waals surface area contributed by atoms with Gasteiger partial charge in [0.15, 0.2) is 0 Å². The number of nitrogens with zero attached hydrogens (tertiary/aromatic N) is 3. The zero-order chi connectivity index (χ0) is 29.1. The Balaban J connectivity index is 1.34. The van der Waals surface area contributed by atoms with E-state index in [1.54, 1.807) is 7.11 Å². The molecule has 0 saturated heterocycles. The minimum Gasteiger partial charge on any atom is -0.497 e. The lowest BCUT2D eigenvalue weighted by Gasteiger charge is -2.25. The molecule has 0 bridgehead atoms. The van der Waals surface area contributed by atoms with Gasteiger partial charge in [-0.3, -0.25) is 0 Å². The first kappa shape index (κ1) is 26.4. The van der Waals surface area contributed by atoms with Gasteiger partial charge in [0.25, 0.3) is 0 Å². The summed E-state index contributed by atoms with van der Waals surface area (Å²) in [5.41, 5.74) is 7.41. The van der Waals surface area contributed by atoms with Crippen molar-refractivity contribution in [3.63, 3.8) is 0 Å². The van der Waals surface area contributed by atoms with Gasteiger partial charge in [-0.2, -0.15) is 10.5 Å². The fourth-order valence-electron chi connectivity index (χ4n) is 5.39. The maximum Gasteiger partial charge on any atom is 0.119 e. The molecule has 0 N–H and O–H groups in total. The van der Waals surface area contributed by atoms with Gasteiger partial charge in [0, 0.05) is 38.6 Å². The molecule has 0 heterocycles. The van der Waals surface area contributed by atoms with Gasteiger partial charge in [0.05, 0.1) is 18.2 Å². The fourth-order valence-corrected chi connectivity index (χ4v) is 5.39. The molecule has 0 unspecified atom stereocenters. The highest BCUT2D eigenvalue weighted by Crippen LogP contribution is 2.36. The van der Waals surface area contributed by atoms with Crippen LogP contribution in [0.1, 0.15) is 27.8 Å². The quantitative estimate of drug-likeness (QED) is 0.156. The summed E-state index contributed by atoms with van der Waals surface area (Å²) in [7, 11) is 1.67. The molecule has 0 aliphatic rings. The van der Waals surface area contributed by atoms with Crippen LogP contribution in [0.4, 0.5) is 17.1 Å². The van der Waals surface area contributed by atoms with E-state index in [4.69, 9.17) is 4.74 Å². The summed E-state index contributed by atoms with van der Waals surface area (Å²) in [5.74, 6) is 0.815. The van der Waals surface area contributed by atoms with Crippen molar-refractivity contribution in [1.29, 1.82) is 10.5 Å². The molecule has 6 aromatic rings. The Hall–Kier alpha value is -5.84. The number of methoxy groups -OCH3 is 1. The molecule has 42 heavy (non-hydrogen) atoms. The van der Waals surface area contributed by atoms with E-state index in [-0.39, 0.29) is 0 Å². The molecule has 0 aliphatic carbocycles. The molecule has 200 valence electrons. The van der Waals surface area contributed by atoms with Gasteiger partial charge in [0.2, 0.25) is 0 Å². The Morgan fingerprint density at radius 3 is 1.71 bits per heavy atom. The van der Waals surface area contributed by atoms with Gasteiger partial charge in [-0.05, 0) is 72.6 Å². The van der Waals surface area contributed by atoms with Crippen LogP contribution in [0.3, 0.4) is 0 Å². The van der Waals surface area contributed by atoms with Gasteiger partial charge in [-0.1, -0.05) is 78.4 Å². The van der Waals surface area contributed by atoms with Crippen LogP contribution in [0, 0.1) is 29.6 Å². The van der Waals surface area contributed by atoms with Gasteiger partial charge < -0.3 is 9.64 Å².